The topological polar surface area (TPSA) is 74.6 Å². The van der Waals surface area contributed by atoms with E-state index < -0.39 is 19.9 Å². The van der Waals surface area contributed by atoms with Gasteiger partial charge in [0.25, 0.3) is 11.9 Å². The van der Waals surface area contributed by atoms with Gasteiger partial charge in [-0.05, 0) is 63.0 Å². The minimum Gasteiger partial charge on any atom is -0.481 e. The second-order valence-electron chi connectivity index (χ2n) is 9.07. The summed E-state index contributed by atoms with van der Waals surface area (Å²) in [4.78, 5) is 18.0. The van der Waals surface area contributed by atoms with Crippen molar-refractivity contribution in [3.05, 3.63) is 54.6 Å². The Kier molecular flexibility index (Phi) is 15.2. The van der Waals surface area contributed by atoms with Crippen LogP contribution in [0.15, 0.2) is 54.6 Å². The predicted octanol–water partition coefficient (Wildman–Crippen LogP) is 7.04. The first kappa shape index (κ1) is 30.5. The van der Waals surface area contributed by atoms with Crippen molar-refractivity contribution in [3.8, 4) is 11.1 Å². The summed E-state index contributed by atoms with van der Waals surface area (Å²) in [6.07, 6.45) is 14.8. The van der Waals surface area contributed by atoms with Crippen LogP contribution in [0, 0.1) is 0 Å². The summed E-state index contributed by atoms with van der Waals surface area (Å²) in [6, 6.07) is 20.6. The third kappa shape index (κ3) is 10.8. The van der Waals surface area contributed by atoms with Crippen LogP contribution in [0.1, 0.15) is 78.1 Å². The Morgan fingerprint density at radius 2 is 1.06 bits per heavy atom. The molecule has 0 aliphatic heterocycles. The quantitative estimate of drug-likeness (QED) is 0.302. The van der Waals surface area contributed by atoms with Gasteiger partial charge in [-0.15, -0.1) is 0 Å². The fourth-order valence-corrected chi connectivity index (χ4v) is 9.64. The molecule has 2 aromatic carbocycles. The predicted molar refractivity (Wildman–Crippen MR) is 140 cm³/mol. The van der Waals surface area contributed by atoms with E-state index in [2.05, 4.69) is 54.6 Å². The number of carboxylic acid groups (broad SMARTS) is 2. The zero-order valence-corrected chi connectivity index (χ0v) is 23.0. The SMILES string of the molecule is CC(=O)O.CC(=O)O.[Pd].c1ccc(-c2ccccc2[PH+](C2CCCCC2)C2CCCCC2)cc1. The first-order valence-corrected chi connectivity index (χ1v) is 14.0. The number of benzene rings is 2. The van der Waals surface area contributed by atoms with Crippen molar-refractivity contribution in [2.45, 2.75) is 89.4 Å². The minimum atomic E-state index is -0.833. The van der Waals surface area contributed by atoms with Crippen molar-refractivity contribution in [3.63, 3.8) is 0 Å². The molecule has 6 heteroatoms. The van der Waals surface area contributed by atoms with E-state index in [0.717, 1.165) is 25.2 Å². The third-order valence-corrected chi connectivity index (χ3v) is 10.4. The molecule has 4 rings (SSSR count). The van der Waals surface area contributed by atoms with Gasteiger partial charge in [0.1, 0.15) is 0 Å². The normalized spacial score (nSPS) is 16.2. The summed E-state index contributed by atoms with van der Waals surface area (Å²) in [5, 5.41) is 16.6. The molecule has 34 heavy (non-hydrogen) atoms. The number of carboxylic acids is 2. The average molecular weight is 578 g/mol. The van der Waals surface area contributed by atoms with Gasteiger partial charge in [0.2, 0.25) is 0 Å². The smallest absolute Gasteiger partial charge is 0.300 e. The second kappa shape index (κ2) is 17.0. The van der Waals surface area contributed by atoms with Crippen LogP contribution in [-0.4, -0.2) is 33.5 Å². The fourth-order valence-electron chi connectivity index (χ4n) is 5.20. The molecule has 0 bridgehead atoms. The van der Waals surface area contributed by atoms with Gasteiger partial charge in [0.05, 0.1) is 16.6 Å². The summed E-state index contributed by atoms with van der Waals surface area (Å²) < 4.78 is 0. The molecule has 0 saturated heterocycles. The van der Waals surface area contributed by atoms with E-state index in [1.54, 1.807) is 5.30 Å². The molecular weight excluding hydrogens is 538 g/mol. The number of rotatable bonds is 4. The minimum absolute atomic E-state index is 0. The van der Waals surface area contributed by atoms with Gasteiger partial charge in [-0.3, -0.25) is 9.59 Å². The molecule has 190 valence electrons. The van der Waals surface area contributed by atoms with Crippen LogP contribution in [-0.2, 0) is 30.0 Å². The van der Waals surface area contributed by atoms with Crippen LogP contribution in [0.2, 0.25) is 0 Å². The van der Waals surface area contributed by atoms with Gasteiger partial charge >= 0.3 is 0 Å². The summed E-state index contributed by atoms with van der Waals surface area (Å²) in [5.41, 5.74) is 4.97. The first-order chi connectivity index (χ1) is 15.9. The van der Waals surface area contributed by atoms with Gasteiger partial charge in [0, 0.05) is 47.8 Å². The second-order valence-corrected chi connectivity index (χ2v) is 12.2. The van der Waals surface area contributed by atoms with E-state index in [-0.39, 0.29) is 20.4 Å². The summed E-state index contributed by atoms with van der Waals surface area (Å²) in [7, 11) is -0.500. The van der Waals surface area contributed by atoms with Crippen molar-refractivity contribution in [2.24, 2.45) is 0 Å². The zero-order valence-electron chi connectivity index (χ0n) is 20.4. The molecule has 0 unspecified atom stereocenters. The van der Waals surface area contributed by atoms with E-state index in [1.807, 2.05) is 0 Å². The molecular formula is C28H40O4PPd+. The molecule has 0 heterocycles. The molecule has 0 aromatic heterocycles. The number of aliphatic carboxylic acids is 2. The molecule has 2 aromatic rings. The van der Waals surface area contributed by atoms with Gasteiger partial charge in [0.15, 0.2) is 0 Å². The van der Waals surface area contributed by atoms with Crippen LogP contribution < -0.4 is 5.30 Å². The molecule has 4 nitrogen and oxygen atoms in total. The monoisotopic (exact) mass is 577 g/mol. The Balaban J connectivity index is 0.000000563. The van der Waals surface area contributed by atoms with E-state index in [9.17, 15) is 0 Å². The van der Waals surface area contributed by atoms with E-state index in [4.69, 9.17) is 19.8 Å². The molecule has 2 aliphatic rings. The largest absolute Gasteiger partial charge is 0.481 e. The van der Waals surface area contributed by atoms with Crippen molar-refractivity contribution in [1.29, 1.82) is 0 Å². The molecule has 2 fully saturated rings. The fraction of sp³-hybridized carbons (Fsp3) is 0.500. The van der Waals surface area contributed by atoms with E-state index in [1.165, 1.54) is 75.3 Å². The average Bonchev–Trinajstić information content (AvgIpc) is 2.81. The first-order valence-electron chi connectivity index (χ1n) is 12.3. The molecule has 2 aliphatic carbocycles. The van der Waals surface area contributed by atoms with E-state index in [0.29, 0.717) is 0 Å². The maximum atomic E-state index is 9.00. The van der Waals surface area contributed by atoms with Crippen molar-refractivity contribution in [1.82, 2.24) is 0 Å². The van der Waals surface area contributed by atoms with Crippen LogP contribution in [0.25, 0.3) is 11.1 Å². The van der Waals surface area contributed by atoms with Gasteiger partial charge < -0.3 is 10.2 Å². The maximum absolute atomic E-state index is 9.00. The standard InChI is InChI=1S/C24H31P.2C2H4O2.Pd/c1-4-12-20(13-5-1)23-18-10-11-19-24(23)25(21-14-6-2-7-15-21)22-16-8-3-9-17-22;2*1-2(3)4;/h1,4-5,10-13,18-19,21-22H,2-3,6-9,14-17H2;2*1H3,(H,3,4);/p+1. The zero-order chi connectivity index (χ0) is 24.1. The van der Waals surface area contributed by atoms with Gasteiger partial charge in [-0.25, -0.2) is 0 Å². The number of hydrogen-bond donors (Lipinski definition) is 2. The Morgan fingerprint density at radius 1 is 0.676 bits per heavy atom. The molecule has 0 atom stereocenters. The molecule has 2 N–H and O–H groups in total. The Hall–Kier alpha value is -1.53. The van der Waals surface area contributed by atoms with Crippen LogP contribution in [0.5, 0.6) is 0 Å². The van der Waals surface area contributed by atoms with Gasteiger partial charge in [-0.1, -0.05) is 61.4 Å². The third-order valence-electron chi connectivity index (χ3n) is 6.41. The van der Waals surface area contributed by atoms with Gasteiger partial charge in [-0.2, -0.15) is 0 Å². The number of carbonyl (C=O) groups is 2. The van der Waals surface area contributed by atoms with Crippen LogP contribution in [0.4, 0.5) is 0 Å². The van der Waals surface area contributed by atoms with E-state index >= 15 is 0 Å². The molecule has 0 spiro atoms. The molecule has 0 radical (unpaired) electrons. The summed E-state index contributed by atoms with van der Waals surface area (Å²) >= 11 is 0. The van der Waals surface area contributed by atoms with Crippen molar-refractivity contribution in [2.75, 3.05) is 0 Å². The Bertz CT molecular complexity index is 808. The molecule has 2 saturated carbocycles. The van der Waals surface area contributed by atoms with Crippen LogP contribution >= 0.6 is 7.92 Å². The number of hydrogen-bond acceptors (Lipinski definition) is 2. The van der Waals surface area contributed by atoms with Crippen LogP contribution in [0.3, 0.4) is 0 Å². The molecule has 0 amide bonds. The Labute approximate surface area is 220 Å². The summed E-state index contributed by atoms with van der Waals surface area (Å²) in [5.74, 6) is -1.67. The van der Waals surface area contributed by atoms with Crippen molar-refractivity contribution >= 4 is 25.2 Å². The maximum Gasteiger partial charge on any atom is 0.300 e. The summed E-state index contributed by atoms with van der Waals surface area (Å²) in [6.45, 7) is 2.17. The van der Waals surface area contributed by atoms with Crippen molar-refractivity contribution < 1.29 is 40.2 Å². The Morgan fingerprint density at radius 3 is 1.50 bits per heavy atom.